The predicted molar refractivity (Wildman–Crippen MR) is 63.0 cm³/mol. The first kappa shape index (κ1) is 15.8. The molecule has 1 fully saturated rings. The Morgan fingerprint density at radius 3 is 2.37 bits per heavy atom. The number of carboxylic acid groups (broad SMARTS) is 1. The van der Waals surface area contributed by atoms with Crippen LogP contribution in [-0.2, 0) is 19.7 Å². The van der Waals surface area contributed by atoms with Crippen LogP contribution in [0.1, 0.15) is 13.3 Å². The van der Waals surface area contributed by atoms with Crippen LogP contribution >= 0.6 is 0 Å². The highest BCUT2D eigenvalue weighted by atomic mass is 32.2. The minimum absolute atomic E-state index is 0.0939. The van der Waals surface area contributed by atoms with Crippen LogP contribution in [0.15, 0.2) is 0 Å². The standard InChI is InChI=1S/C9H16N2O7S/c1-4(12)7(9(14)15)11-8(13)6-2-5(3-10-6)19(16,17)18/h4-7,10,12H,2-3H2,1H3,(H,11,13)(H,14,15)(H,16,17,18)/t4-,5-,6-,7-/m0/s1. The maximum absolute atomic E-state index is 11.7. The third-order valence-corrected chi connectivity index (χ3v) is 4.08. The van der Waals surface area contributed by atoms with Crippen molar-refractivity contribution in [1.29, 1.82) is 0 Å². The molecule has 0 bridgehead atoms. The van der Waals surface area contributed by atoms with E-state index in [2.05, 4.69) is 10.6 Å². The fraction of sp³-hybridized carbons (Fsp3) is 0.778. The number of carbonyl (C=O) groups excluding carboxylic acids is 1. The fourth-order valence-corrected chi connectivity index (χ4v) is 2.51. The molecule has 10 heteroatoms. The molecule has 4 atom stereocenters. The first-order chi connectivity index (χ1) is 8.62. The highest BCUT2D eigenvalue weighted by Gasteiger charge is 2.38. The molecule has 0 aliphatic carbocycles. The van der Waals surface area contributed by atoms with E-state index >= 15 is 0 Å². The van der Waals surface area contributed by atoms with Gasteiger partial charge >= 0.3 is 5.97 Å². The summed E-state index contributed by atoms with van der Waals surface area (Å²) in [4.78, 5) is 22.5. The zero-order chi connectivity index (χ0) is 14.8. The van der Waals surface area contributed by atoms with Crippen molar-refractivity contribution in [2.45, 2.75) is 36.8 Å². The minimum atomic E-state index is -4.24. The summed E-state index contributed by atoms with van der Waals surface area (Å²) in [6.07, 6.45) is -1.45. The number of amides is 1. The van der Waals surface area contributed by atoms with Crippen molar-refractivity contribution in [3.05, 3.63) is 0 Å². The van der Waals surface area contributed by atoms with Crippen molar-refractivity contribution >= 4 is 22.0 Å². The molecule has 0 saturated carbocycles. The van der Waals surface area contributed by atoms with Gasteiger partial charge in [-0.05, 0) is 13.3 Å². The first-order valence-electron chi connectivity index (χ1n) is 5.54. The zero-order valence-corrected chi connectivity index (χ0v) is 10.9. The Morgan fingerprint density at radius 1 is 1.42 bits per heavy atom. The van der Waals surface area contributed by atoms with Gasteiger partial charge in [-0.3, -0.25) is 9.35 Å². The summed E-state index contributed by atoms with van der Waals surface area (Å²) >= 11 is 0. The number of aliphatic hydroxyl groups is 1. The average Bonchev–Trinajstić information content (AvgIpc) is 2.73. The van der Waals surface area contributed by atoms with Gasteiger partial charge in [-0.2, -0.15) is 8.42 Å². The molecular weight excluding hydrogens is 280 g/mol. The van der Waals surface area contributed by atoms with Crippen molar-refractivity contribution in [2.24, 2.45) is 0 Å². The Labute approximate surface area is 109 Å². The molecule has 1 aliphatic heterocycles. The molecule has 1 rings (SSSR count). The van der Waals surface area contributed by atoms with Crippen LogP contribution in [-0.4, -0.2) is 65.0 Å². The Morgan fingerprint density at radius 2 is 2.00 bits per heavy atom. The van der Waals surface area contributed by atoms with E-state index in [9.17, 15) is 23.1 Å². The quantitative estimate of drug-likeness (QED) is 0.350. The summed E-state index contributed by atoms with van der Waals surface area (Å²) < 4.78 is 30.6. The molecule has 1 aliphatic rings. The summed E-state index contributed by atoms with van der Waals surface area (Å²) in [6.45, 7) is 1.12. The van der Waals surface area contributed by atoms with Crippen LogP contribution in [0.3, 0.4) is 0 Å². The van der Waals surface area contributed by atoms with Gasteiger partial charge in [-0.25, -0.2) is 4.79 Å². The SMILES string of the molecule is C[C@H](O)[C@H](NC(=O)[C@@H]1C[C@H](S(=O)(=O)O)CN1)C(=O)O. The molecule has 19 heavy (non-hydrogen) atoms. The van der Waals surface area contributed by atoms with E-state index in [1.807, 2.05) is 0 Å². The summed E-state index contributed by atoms with van der Waals surface area (Å²) in [7, 11) is -4.24. The number of carboxylic acids is 1. The predicted octanol–water partition coefficient (Wildman–Crippen LogP) is -2.45. The lowest BCUT2D eigenvalue weighted by atomic mass is 10.1. The van der Waals surface area contributed by atoms with E-state index in [1.165, 1.54) is 6.92 Å². The summed E-state index contributed by atoms with van der Waals surface area (Å²) in [6, 6.07) is -2.40. The fourth-order valence-electron chi connectivity index (χ4n) is 1.77. The minimum Gasteiger partial charge on any atom is -0.480 e. The van der Waals surface area contributed by atoms with E-state index in [0.29, 0.717) is 0 Å². The van der Waals surface area contributed by atoms with E-state index in [-0.39, 0.29) is 13.0 Å². The van der Waals surface area contributed by atoms with E-state index in [4.69, 9.17) is 9.66 Å². The largest absolute Gasteiger partial charge is 0.480 e. The number of hydrogen-bond acceptors (Lipinski definition) is 6. The highest BCUT2D eigenvalue weighted by molar-refractivity contribution is 7.86. The second-order valence-corrected chi connectivity index (χ2v) is 6.10. The molecule has 0 aromatic carbocycles. The van der Waals surface area contributed by atoms with Gasteiger partial charge in [0.1, 0.15) is 5.25 Å². The van der Waals surface area contributed by atoms with Gasteiger partial charge in [0, 0.05) is 6.54 Å². The molecule has 110 valence electrons. The molecule has 0 unspecified atom stereocenters. The molecule has 0 aromatic rings. The van der Waals surface area contributed by atoms with Gasteiger partial charge in [0.25, 0.3) is 10.1 Å². The summed E-state index contributed by atoms with van der Waals surface area (Å²) in [5, 5.41) is 21.6. The van der Waals surface area contributed by atoms with Crippen LogP contribution in [0, 0.1) is 0 Å². The molecule has 5 N–H and O–H groups in total. The number of rotatable bonds is 5. The van der Waals surface area contributed by atoms with Gasteiger partial charge in [0.2, 0.25) is 5.91 Å². The molecule has 1 saturated heterocycles. The van der Waals surface area contributed by atoms with Gasteiger partial charge in [-0.15, -0.1) is 0 Å². The van der Waals surface area contributed by atoms with Crippen molar-refractivity contribution < 1.29 is 32.8 Å². The van der Waals surface area contributed by atoms with Crippen LogP contribution in [0.5, 0.6) is 0 Å². The number of aliphatic carboxylic acids is 1. The van der Waals surface area contributed by atoms with Crippen LogP contribution in [0.25, 0.3) is 0 Å². The maximum atomic E-state index is 11.7. The van der Waals surface area contributed by atoms with E-state index in [0.717, 1.165) is 0 Å². The van der Waals surface area contributed by atoms with Crippen molar-refractivity contribution in [3.8, 4) is 0 Å². The molecule has 0 spiro atoms. The Bertz CT molecular complexity index is 461. The number of hydrogen-bond donors (Lipinski definition) is 5. The van der Waals surface area contributed by atoms with Crippen molar-refractivity contribution in [2.75, 3.05) is 6.54 Å². The highest BCUT2D eigenvalue weighted by Crippen LogP contribution is 2.14. The van der Waals surface area contributed by atoms with Crippen molar-refractivity contribution in [1.82, 2.24) is 10.6 Å². The summed E-state index contributed by atoms with van der Waals surface area (Å²) in [5.74, 6) is -2.13. The monoisotopic (exact) mass is 296 g/mol. The molecular formula is C9H16N2O7S. The van der Waals surface area contributed by atoms with Gasteiger partial charge < -0.3 is 20.8 Å². The Kier molecular flexibility index (Phi) is 4.85. The van der Waals surface area contributed by atoms with E-state index in [1.54, 1.807) is 0 Å². The van der Waals surface area contributed by atoms with Gasteiger partial charge in [-0.1, -0.05) is 0 Å². The summed E-state index contributed by atoms with van der Waals surface area (Å²) in [5.41, 5.74) is 0. The normalized spacial score (nSPS) is 26.7. The maximum Gasteiger partial charge on any atom is 0.328 e. The van der Waals surface area contributed by atoms with Crippen LogP contribution < -0.4 is 10.6 Å². The Hall–Kier alpha value is -1.23. The molecule has 1 heterocycles. The topological polar surface area (TPSA) is 153 Å². The smallest absolute Gasteiger partial charge is 0.328 e. The molecule has 1 amide bonds. The lowest BCUT2D eigenvalue weighted by Crippen LogP contribution is -2.52. The van der Waals surface area contributed by atoms with Crippen LogP contribution in [0.4, 0.5) is 0 Å². The van der Waals surface area contributed by atoms with Crippen molar-refractivity contribution in [3.63, 3.8) is 0 Å². The third-order valence-electron chi connectivity index (χ3n) is 2.87. The molecule has 9 nitrogen and oxygen atoms in total. The number of carbonyl (C=O) groups is 2. The third kappa shape index (κ3) is 4.13. The number of aliphatic hydroxyl groups excluding tert-OH is 1. The van der Waals surface area contributed by atoms with Gasteiger partial charge in [0.05, 0.1) is 12.1 Å². The Balaban J connectivity index is 2.63. The van der Waals surface area contributed by atoms with Crippen LogP contribution in [0.2, 0.25) is 0 Å². The second kappa shape index (κ2) is 5.82. The number of nitrogens with one attached hydrogen (secondary N) is 2. The van der Waals surface area contributed by atoms with E-state index < -0.39 is 45.4 Å². The first-order valence-corrected chi connectivity index (χ1v) is 7.04. The lowest BCUT2D eigenvalue weighted by Gasteiger charge is -2.19. The molecule has 0 aromatic heterocycles. The average molecular weight is 296 g/mol. The molecule has 0 radical (unpaired) electrons. The van der Waals surface area contributed by atoms with Gasteiger partial charge in [0.15, 0.2) is 6.04 Å². The lowest BCUT2D eigenvalue weighted by molar-refractivity contribution is -0.145. The zero-order valence-electron chi connectivity index (χ0n) is 10.1. The second-order valence-electron chi connectivity index (χ2n) is 4.40.